The molecule has 0 fully saturated rings. The molecule has 0 bridgehead atoms. The Bertz CT molecular complexity index is 1360. The number of nitrogens with zero attached hydrogens (tertiary/aromatic N) is 2. The van der Waals surface area contributed by atoms with Crippen LogP contribution in [0.5, 0.6) is 5.88 Å². The summed E-state index contributed by atoms with van der Waals surface area (Å²) < 4.78 is 75.0. The van der Waals surface area contributed by atoms with Crippen LogP contribution in [0, 0.1) is 11.8 Å². The molecular weight excluding hydrogens is 477 g/mol. The molecule has 4 aromatic rings. The van der Waals surface area contributed by atoms with Gasteiger partial charge in [-0.3, -0.25) is 5.10 Å². The SMILES string of the molecule is CCC[C@H](C)Oc1ccc(/C(=C(/CC(F)(F)F)c2ccc(F)cc2)c2ccc3[nH]nc(F)c3c2)cn1. The number of pyridine rings is 1. The van der Waals surface area contributed by atoms with Crippen molar-refractivity contribution >= 4 is 22.0 Å². The molecule has 0 saturated carbocycles. The number of allylic oxidation sites excluding steroid dienone is 1. The lowest BCUT2D eigenvalue weighted by Crippen LogP contribution is -2.12. The largest absolute Gasteiger partial charge is 0.475 e. The number of benzene rings is 2. The lowest BCUT2D eigenvalue weighted by molar-refractivity contribution is -0.122. The third-order valence-corrected chi connectivity index (χ3v) is 5.72. The fraction of sp³-hybridized carbons (Fsp3) is 0.259. The highest BCUT2D eigenvalue weighted by Crippen LogP contribution is 2.40. The molecule has 0 spiro atoms. The summed E-state index contributed by atoms with van der Waals surface area (Å²) in [6.07, 6.45) is -2.74. The van der Waals surface area contributed by atoms with Crippen LogP contribution < -0.4 is 4.74 Å². The maximum absolute atomic E-state index is 14.3. The van der Waals surface area contributed by atoms with E-state index in [0.29, 0.717) is 22.5 Å². The van der Waals surface area contributed by atoms with E-state index in [1.165, 1.54) is 24.4 Å². The van der Waals surface area contributed by atoms with E-state index in [9.17, 15) is 22.0 Å². The number of rotatable bonds is 8. The van der Waals surface area contributed by atoms with Gasteiger partial charge in [0.15, 0.2) is 0 Å². The first-order valence-electron chi connectivity index (χ1n) is 11.5. The third-order valence-electron chi connectivity index (χ3n) is 5.72. The zero-order valence-electron chi connectivity index (χ0n) is 19.7. The number of alkyl halides is 3. The van der Waals surface area contributed by atoms with Gasteiger partial charge in [-0.2, -0.15) is 17.6 Å². The standard InChI is InChI=1S/C27H24F5N3O/c1-3-4-16(2)36-24-12-8-19(15-33-24)25(18-7-11-23-21(13-18)26(29)35-34-23)22(14-27(30,31)32)17-5-9-20(28)10-6-17/h5-13,15-16H,3-4,14H2,1-2H3,(H,34,35)/b25-22-/t16-/m0/s1. The summed E-state index contributed by atoms with van der Waals surface area (Å²) in [7, 11) is 0. The van der Waals surface area contributed by atoms with Gasteiger partial charge in [0.05, 0.1) is 23.4 Å². The molecule has 0 aliphatic heterocycles. The van der Waals surface area contributed by atoms with Crippen LogP contribution in [0.2, 0.25) is 0 Å². The molecule has 0 radical (unpaired) electrons. The van der Waals surface area contributed by atoms with Crippen LogP contribution in [0.4, 0.5) is 22.0 Å². The van der Waals surface area contributed by atoms with Crippen LogP contribution in [-0.2, 0) is 0 Å². The van der Waals surface area contributed by atoms with E-state index in [2.05, 4.69) is 15.2 Å². The molecule has 1 N–H and O–H groups in total. The number of H-pyrrole nitrogens is 1. The lowest BCUT2D eigenvalue weighted by Gasteiger charge is -2.19. The number of ether oxygens (including phenoxy) is 1. The Morgan fingerprint density at radius 1 is 0.972 bits per heavy atom. The quantitative estimate of drug-likeness (QED) is 0.199. The highest BCUT2D eigenvalue weighted by molar-refractivity contribution is 6.00. The van der Waals surface area contributed by atoms with Gasteiger partial charge in [0, 0.05) is 17.8 Å². The Balaban J connectivity index is 1.92. The van der Waals surface area contributed by atoms with E-state index in [1.54, 1.807) is 24.3 Å². The third kappa shape index (κ3) is 5.90. The van der Waals surface area contributed by atoms with Crippen molar-refractivity contribution < 1.29 is 26.7 Å². The second-order valence-electron chi connectivity index (χ2n) is 8.53. The fourth-order valence-electron chi connectivity index (χ4n) is 4.11. The minimum absolute atomic E-state index is 0.0742. The van der Waals surface area contributed by atoms with Crippen LogP contribution in [0.3, 0.4) is 0 Å². The molecular formula is C27H24F5N3O. The fourth-order valence-corrected chi connectivity index (χ4v) is 4.11. The van der Waals surface area contributed by atoms with Crippen molar-refractivity contribution in [2.75, 3.05) is 0 Å². The molecule has 188 valence electrons. The number of hydrogen-bond acceptors (Lipinski definition) is 3. The number of aromatic amines is 1. The van der Waals surface area contributed by atoms with Gasteiger partial charge in [-0.05, 0) is 65.9 Å². The van der Waals surface area contributed by atoms with E-state index in [1.807, 2.05) is 13.8 Å². The van der Waals surface area contributed by atoms with Gasteiger partial charge in [0.25, 0.3) is 0 Å². The minimum Gasteiger partial charge on any atom is -0.475 e. The van der Waals surface area contributed by atoms with Crippen molar-refractivity contribution in [1.29, 1.82) is 0 Å². The molecule has 4 nitrogen and oxygen atoms in total. The highest BCUT2D eigenvalue weighted by Gasteiger charge is 2.32. The van der Waals surface area contributed by atoms with Gasteiger partial charge in [0.1, 0.15) is 5.82 Å². The Morgan fingerprint density at radius 2 is 1.67 bits per heavy atom. The van der Waals surface area contributed by atoms with Crippen molar-refractivity contribution in [2.24, 2.45) is 0 Å². The van der Waals surface area contributed by atoms with Gasteiger partial charge in [-0.25, -0.2) is 9.37 Å². The molecule has 9 heteroatoms. The molecule has 1 atom stereocenters. The predicted molar refractivity (Wildman–Crippen MR) is 128 cm³/mol. The summed E-state index contributed by atoms with van der Waals surface area (Å²) in [5.74, 6) is -0.996. The van der Waals surface area contributed by atoms with Crippen LogP contribution in [0.1, 0.15) is 49.8 Å². The molecule has 0 aliphatic rings. The van der Waals surface area contributed by atoms with Gasteiger partial charge in [-0.1, -0.05) is 31.5 Å². The first-order chi connectivity index (χ1) is 17.1. The molecule has 4 rings (SSSR count). The van der Waals surface area contributed by atoms with Gasteiger partial charge < -0.3 is 4.74 Å². The molecule has 2 aromatic heterocycles. The van der Waals surface area contributed by atoms with Crippen molar-refractivity contribution in [1.82, 2.24) is 15.2 Å². The van der Waals surface area contributed by atoms with Crippen LogP contribution >= 0.6 is 0 Å². The monoisotopic (exact) mass is 501 g/mol. The maximum Gasteiger partial charge on any atom is 0.393 e. The van der Waals surface area contributed by atoms with Gasteiger partial charge in [-0.15, -0.1) is 5.10 Å². The molecule has 0 amide bonds. The summed E-state index contributed by atoms with van der Waals surface area (Å²) in [6.45, 7) is 3.94. The maximum atomic E-state index is 14.3. The van der Waals surface area contributed by atoms with Crippen LogP contribution in [0.15, 0.2) is 60.8 Å². The summed E-state index contributed by atoms with van der Waals surface area (Å²) >= 11 is 0. The van der Waals surface area contributed by atoms with E-state index in [-0.39, 0.29) is 28.2 Å². The molecule has 0 unspecified atom stereocenters. The molecule has 2 aromatic carbocycles. The van der Waals surface area contributed by atoms with E-state index < -0.39 is 24.4 Å². The Hall–Kier alpha value is -3.75. The average molecular weight is 501 g/mol. The zero-order chi connectivity index (χ0) is 25.9. The smallest absolute Gasteiger partial charge is 0.393 e. The number of halogens is 5. The van der Waals surface area contributed by atoms with Crippen LogP contribution in [-0.4, -0.2) is 27.5 Å². The average Bonchev–Trinajstić information content (AvgIpc) is 3.20. The zero-order valence-corrected chi connectivity index (χ0v) is 19.7. The Labute approximate surface area is 204 Å². The summed E-state index contributed by atoms with van der Waals surface area (Å²) in [4.78, 5) is 4.31. The van der Waals surface area contributed by atoms with Crippen molar-refractivity contribution in [2.45, 2.75) is 45.4 Å². The van der Waals surface area contributed by atoms with Gasteiger partial charge in [0.2, 0.25) is 11.8 Å². The van der Waals surface area contributed by atoms with Crippen molar-refractivity contribution in [3.8, 4) is 5.88 Å². The molecule has 0 aliphatic carbocycles. The molecule has 36 heavy (non-hydrogen) atoms. The Kier molecular flexibility index (Phi) is 7.37. The second-order valence-corrected chi connectivity index (χ2v) is 8.53. The predicted octanol–water partition coefficient (Wildman–Crippen LogP) is 7.72. The minimum atomic E-state index is -4.56. The van der Waals surface area contributed by atoms with E-state index in [0.717, 1.165) is 25.0 Å². The van der Waals surface area contributed by atoms with Crippen molar-refractivity contribution in [3.05, 3.63) is 89.2 Å². The summed E-state index contributed by atoms with van der Waals surface area (Å²) in [5.41, 5.74) is 1.40. The Morgan fingerprint density at radius 3 is 2.31 bits per heavy atom. The first kappa shape index (κ1) is 25.3. The second kappa shape index (κ2) is 10.5. The number of aromatic nitrogens is 3. The normalized spacial score (nSPS) is 13.5. The first-order valence-corrected chi connectivity index (χ1v) is 11.5. The van der Waals surface area contributed by atoms with E-state index in [4.69, 9.17) is 4.74 Å². The summed E-state index contributed by atoms with van der Waals surface area (Å²) in [6, 6.07) is 12.6. The lowest BCUT2D eigenvalue weighted by atomic mass is 9.88. The highest BCUT2D eigenvalue weighted by atomic mass is 19.4. The van der Waals surface area contributed by atoms with Crippen LogP contribution in [0.25, 0.3) is 22.0 Å². The topological polar surface area (TPSA) is 50.8 Å². The number of nitrogens with one attached hydrogen (secondary N) is 1. The van der Waals surface area contributed by atoms with Gasteiger partial charge >= 0.3 is 6.18 Å². The molecule has 2 heterocycles. The summed E-state index contributed by atoms with van der Waals surface area (Å²) in [5, 5.41) is 6.22. The number of hydrogen-bond donors (Lipinski definition) is 1. The van der Waals surface area contributed by atoms with Crippen molar-refractivity contribution in [3.63, 3.8) is 0 Å². The van der Waals surface area contributed by atoms with E-state index >= 15 is 0 Å². The number of fused-ring (bicyclic) bond motifs is 1. The molecule has 0 saturated heterocycles.